The maximum Gasteiger partial charge on any atom is 0.335 e. The van der Waals surface area contributed by atoms with E-state index < -0.39 is 17.8 Å². The van der Waals surface area contributed by atoms with Gasteiger partial charge in [-0.05, 0) is 54.8 Å². The van der Waals surface area contributed by atoms with Crippen molar-refractivity contribution in [1.29, 1.82) is 0 Å². The van der Waals surface area contributed by atoms with E-state index in [0.717, 1.165) is 27.8 Å². The van der Waals surface area contributed by atoms with Gasteiger partial charge in [0.15, 0.2) is 0 Å². The summed E-state index contributed by atoms with van der Waals surface area (Å²) in [4.78, 5) is 38.8. The number of hydrogen-bond acceptors (Lipinski definition) is 4. The van der Waals surface area contributed by atoms with Gasteiger partial charge in [0.1, 0.15) is 11.3 Å². The summed E-state index contributed by atoms with van der Waals surface area (Å²) in [5, 5.41) is 2.24. The molecule has 0 aromatic heterocycles. The van der Waals surface area contributed by atoms with E-state index in [9.17, 15) is 14.4 Å². The Morgan fingerprint density at radius 3 is 2.45 bits per heavy atom. The number of hydrogen-bond donors (Lipinski definition) is 1. The highest BCUT2D eigenvalue weighted by molar-refractivity contribution is 9.10. The molecule has 2 aromatic carbocycles. The van der Waals surface area contributed by atoms with Crippen LogP contribution >= 0.6 is 15.9 Å². The molecular formula is C22H21BrN2O4. The number of ether oxygens (including phenoxy) is 1. The normalized spacial score (nSPS) is 15.6. The maximum atomic E-state index is 13.0. The Hall–Kier alpha value is -2.93. The number of benzene rings is 2. The fraction of sp³-hybridized carbons (Fsp3) is 0.227. The highest BCUT2D eigenvalue weighted by Crippen LogP contribution is 2.28. The van der Waals surface area contributed by atoms with E-state index in [4.69, 9.17) is 4.74 Å². The monoisotopic (exact) mass is 456 g/mol. The van der Waals surface area contributed by atoms with Crippen molar-refractivity contribution in [3.8, 4) is 5.75 Å². The molecule has 1 aliphatic heterocycles. The minimum absolute atomic E-state index is 0.136. The number of carbonyl (C=O) groups excluding carboxylic acids is 3. The Balaban J connectivity index is 2.00. The minimum Gasteiger partial charge on any atom is -0.493 e. The van der Waals surface area contributed by atoms with Crippen LogP contribution in [0.2, 0.25) is 0 Å². The predicted molar refractivity (Wildman–Crippen MR) is 115 cm³/mol. The summed E-state index contributed by atoms with van der Waals surface area (Å²) in [5.74, 6) is -0.855. The lowest BCUT2D eigenvalue weighted by atomic mass is 10.1. The molecule has 150 valence electrons. The number of nitrogens with zero attached hydrogens (tertiary/aromatic N) is 1. The zero-order valence-corrected chi connectivity index (χ0v) is 17.8. The fourth-order valence-corrected chi connectivity index (χ4v) is 3.28. The van der Waals surface area contributed by atoms with Gasteiger partial charge in [-0.3, -0.25) is 14.9 Å². The van der Waals surface area contributed by atoms with Crippen LogP contribution in [0.1, 0.15) is 31.4 Å². The van der Waals surface area contributed by atoms with Crippen molar-refractivity contribution in [2.24, 2.45) is 0 Å². The summed E-state index contributed by atoms with van der Waals surface area (Å²) < 4.78 is 6.50. The van der Waals surface area contributed by atoms with Crippen molar-refractivity contribution in [2.75, 3.05) is 11.5 Å². The molecule has 7 heteroatoms. The summed E-state index contributed by atoms with van der Waals surface area (Å²) in [7, 11) is 0. The van der Waals surface area contributed by atoms with Crippen LogP contribution in [0.4, 0.5) is 10.5 Å². The third-order valence-electron chi connectivity index (χ3n) is 4.44. The van der Waals surface area contributed by atoms with Crippen LogP contribution in [-0.2, 0) is 16.0 Å². The maximum absolute atomic E-state index is 13.0. The molecule has 1 saturated heterocycles. The van der Waals surface area contributed by atoms with Gasteiger partial charge >= 0.3 is 6.03 Å². The molecule has 1 fully saturated rings. The van der Waals surface area contributed by atoms with E-state index in [0.29, 0.717) is 23.6 Å². The Morgan fingerprint density at radius 1 is 1.07 bits per heavy atom. The lowest BCUT2D eigenvalue weighted by Crippen LogP contribution is -2.54. The van der Waals surface area contributed by atoms with E-state index in [1.165, 1.54) is 6.08 Å². The topological polar surface area (TPSA) is 75.7 Å². The van der Waals surface area contributed by atoms with Gasteiger partial charge in [-0.15, -0.1) is 0 Å². The van der Waals surface area contributed by atoms with Crippen molar-refractivity contribution in [2.45, 2.75) is 26.7 Å². The molecule has 0 atom stereocenters. The van der Waals surface area contributed by atoms with E-state index in [1.54, 1.807) is 24.3 Å². The fourth-order valence-electron chi connectivity index (χ4n) is 2.90. The van der Waals surface area contributed by atoms with Crippen LogP contribution in [0.15, 0.2) is 52.5 Å². The second kappa shape index (κ2) is 9.05. The van der Waals surface area contributed by atoms with Crippen molar-refractivity contribution in [3.05, 3.63) is 63.6 Å². The Kier molecular flexibility index (Phi) is 6.49. The Bertz CT molecular complexity index is 983. The van der Waals surface area contributed by atoms with Crippen LogP contribution in [0, 0.1) is 0 Å². The summed E-state index contributed by atoms with van der Waals surface area (Å²) >= 11 is 3.40. The van der Waals surface area contributed by atoms with E-state index in [1.807, 2.05) is 32.0 Å². The Morgan fingerprint density at radius 2 is 1.79 bits per heavy atom. The molecule has 4 amide bonds. The molecule has 0 spiro atoms. The number of nitrogens with one attached hydrogen (secondary N) is 1. The number of rotatable bonds is 6. The average molecular weight is 457 g/mol. The molecule has 2 aromatic rings. The number of imide groups is 2. The first-order chi connectivity index (χ1) is 13.9. The predicted octanol–water partition coefficient (Wildman–Crippen LogP) is 4.47. The highest BCUT2D eigenvalue weighted by Gasteiger charge is 2.37. The van der Waals surface area contributed by atoms with Crippen LogP contribution in [0.5, 0.6) is 5.75 Å². The van der Waals surface area contributed by atoms with Gasteiger partial charge in [0.25, 0.3) is 11.8 Å². The summed E-state index contributed by atoms with van der Waals surface area (Å²) in [6.07, 6.45) is 3.11. The van der Waals surface area contributed by atoms with Crippen LogP contribution in [-0.4, -0.2) is 24.5 Å². The molecule has 29 heavy (non-hydrogen) atoms. The van der Waals surface area contributed by atoms with E-state index in [-0.39, 0.29) is 5.57 Å². The molecule has 0 unspecified atom stereocenters. The van der Waals surface area contributed by atoms with Gasteiger partial charge in [-0.2, -0.15) is 0 Å². The molecule has 0 aliphatic carbocycles. The zero-order valence-electron chi connectivity index (χ0n) is 16.2. The first-order valence-corrected chi connectivity index (χ1v) is 10.2. The van der Waals surface area contributed by atoms with Gasteiger partial charge in [-0.1, -0.05) is 41.9 Å². The summed E-state index contributed by atoms with van der Waals surface area (Å²) in [5.41, 5.74) is 1.92. The number of halogens is 1. The number of anilines is 1. The average Bonchev–Trinajstić information content (AvgIpc) is 2.71. The molecule has 1 aliphatic rings. The first kappa shape index (κ1) is 20.8. The molecular weight excluding hydrogens is 436 g/mol. The summed E-state index contributed by atoms with van der Waals surface area (Å²) in [6, 6.07) is 11.7. The third-order valence-corrected chi connectivity index (χ3v) is 4.93. The molecule has 0 saturated carbocycles. The number of aryl methyl sites for hydroxylation is 1. The molecule has 1 N–H and O–H groups in total. The number of barbiturate groups is 1. The van der Waals surface area contributed by atoms with Crippen LogP contribution in [0.25, 0.3) is 6.08 Å². The van der Waals surface area contributed by atoms with Crippen LogP contribution in [0.3, 0.4) is 0 Å². The molecule has 0 radical (unpaired) electrons. The molecule has 6 nitrogen and oxygen atoms in total. The highest BCUT2D eigenvalue weighted by atomic mass is 79.9. The molecule has 1 heterocycles. The molecule has 0 bridgehead atoms. The van der Waals surface area contributed by atoms with Crippen LogP contribution < -0.4 is 15.0 Å². The Labute approximate surface area is 177 Å². The van der Waals surface area contributed by atoms with Crippen molar-refractivity contribution in [3.63, 3.8) is 0 Å². The summed E-state index contributed by atoms with van der Waals surface area (Å²) in [6.45, 7) is 4.51. The van der Waals surface area contributed by atoms with Gasteiger partial charge in [0.2, 0.25) is 0 Å². The first-order valence-electron chi connectivity index (χ1n) is 9.37. The number of carbonyl (C=O) groups is 3. The number of amides is 4. The van der Waals surface area contributed by atoms with E-state index >= 15 is 0 Å². The van der Waals surface area contributed by atoms with Gasteiger partial charge in [-0.25, -0.2) is 9.69 Å². The SMILES string of the molecule is CCCOc1ccc(Br)cc1/C=C1\C(=O)NC(=O)N(c2ccc(CC)cc2)C1=O. The quantitative estimate of drug-likeness (QED) is 0.513. The second-order valence-electron chi connectivity index (χ2n) is 6.51. The standard InChI is InChI=1S/C22H21BrN2O4/c1-3-11-29-19-10-7-16(23)12-15(19)13-18-20(26)24-22(28)25(21(18)27)17-8-5-14(4-2)6-9-17/h5-10,12-13H,3-4,11H2,1-2H3,(H,24,26,28)/b18-13+. The van der Waals surface area contributed by atoms with Crippen molar-refractivity contribution in [1.82, 2.24) is 5.32 Å². The molecule has 3 rings (SSSR count). The number of urea groups is 1. The van der Waals surface area contributed by atoms with E-state index in [2.05, 4.69) is 21.2 Å². The van der Waals surface area contributed by atoms with Gasteiger partial charge in [0.05, 0.1) is 12.3 Å². The lowest BCUT2D eigenvalue weighted by molar-refractivity contribution is -0.122. The van der Waals surface area contributed by atoms with Gasteiger partial charge in [0, 0.05) is 10.0 Å². The smallest absolute Gasteiger partial charge is 0.335 e. The third kappa shape index (κ3) is 4.56. The lowest BCUT2D eigenvalue weighted by Gasteiger charge is -2.26. The second-order valence-corrected chi connectivity index (χ2v) is 7.42. The minimum atomic E-state index is -0.766. The van der Waals surface area contributed by atoms with Crippen molar-refractivity contribution >= 4 is 45.5 Å². The zero-order chi connectivity index (χ0) is 21.0. The van der Waals surface area contributed by atoms with Crippen molar-refractivity contribution < 1.29 is 19.1 Å². The van der Waals surface area contributed by atoms with Gasteiger partial charge < -0.3 is 4.74 Å². The largest absolute Gasteiger partial charge is 0.493 e.